The zero-order valence-electron chi connectivity index (χ0n) is 13.7. The van der Waals surface area contributed by atoms with Gasteiger partial charge in [-0.3, -0.25) is 5.32 Å². The van der Waals surface area contributed by atoms with Crippen LogP contribution in [0.3, 0.4) is 0 Å². The fraction of sp³-hybridized carbons (Fsp3) is 0.235. The van der Waals surface area contributed by atoms with E-state index in [0.29, 0.717) is 11.4 Å². The Morgan fingerprint density at radius 1 is 1.04 bits per heavy atom. The minimum absolute atomic E-state index is 0.493. The maximum atomic E-state index is 11.8. The zero-order chi connectivity index (χ0) is 17.2. The molecule has 2 aromatic rings. The van der Waals surface area contributed by atoms with E-state index in [1.807, 2.05) is 36.1 Å². The Morgan fingerprint density at radius 2 is 1.70 bits per heavy atom. The summed E-state index contributed by atoms with van der Waals surface area (Å²) in [5, 5.41) is 2.66. The van der Waals surface area contributed by atoms with E-state index in [2.05, 4.69) is 27.9 Å². The Labute approximate surface area is 150 Å². The number of nitrogens with zero attached hydrogens (tertiary/aromatic N) is 1. The van der Waals surface area contributed by atoms with Crippen molar-refractivity contribution in [1.82, 2.24) is 0 Å². The van der Waals surface area contributed by atoms with Gasteiger partial charge < -0.3 is 14.4 Å². The van der Waals surface area contributed by atoms with Crippen molar-refractivity contribution in [3.63, 3.8) is 0 Å². The first-order valence-electron chi connectivity index (χ1n) is 6.86. The topological polar surface area (TPSA) is 50.8 Å². The van der Waals surface area contributed by atoms with Crippen LogP contribution in [0.5, 0.6) is 11.5 Å². The molecule has 0 spiro atoms. The van der Waals surface area contributed by atoms with Gasteiger partial charge in [-0.05, 0) is 41.3 Å². The fourth-order valence-electron chi connectivity index (χ4n) is 1.75. The van der Waals surface area contributed by atoms with Crippen molar-refractivity contribution < 1.29 is 14.3 Å². The van der Waals surface area contributed by atoms with Gasteiger partial charge in [-0.25, -0.2) is 4.79 Å². The molecule has 2 aromatic carbocycles. The van der Waals surface area contributed by atoms with Gasteiger partial charge in [0, 0.05) is 31.5 Å². The SMILES string of the molecule is CI.COc1ccc(NC(=O)Oc2cccc(N(C)C)c2)cc1. The normalized spacial score (nSPS) is 9.26. The average Bonchev–Trinajstić information content (AvgIpc) is 2.57. The van der Waals surface area contributed by atoms with Gasteiger partial charge in [0.25, 0.3) is 0 Å². The van der Waals surface area contributed by atoms with E-state index < -0.39 is 6.09 Å². The van der Waals surface area contributed by atoms with Crippen LogP contribution in [0.4, 0.5) is 16.2 Å². The van der Waals surface area contributed by atoms with Crippen LogP contribution >= 0.6 is 22.6 Å². The molecule has 0 unspecified atom stereocenters. The molecule has 0 bridgehead atoms. The lowest BCUT2D eigenvalue weighted by molar-refractivity contribution is 0.215. The van der Waals surface area contributed by atoms with Crippen LogP contribution in [0, 0.1) is 0 Å². The number of carbonyl (C=O) groups is 1. The summed E-state index contributed by atoms with van der Waals surface area (Å²) in [5.74, 6) is 1.22. The molecular weight excluding hydrogens is 407 g/mol. The van der Waals surface area contributed by atoms with Gasteiger partial charge in [-0.1, -0.05) is 28.7 Å². The Bertz CT molecular complexity index is 615. The highest BCUT2D eigenvalue weighted by Crippen LogP contribution is 2.20. The second-order valence-electron chi connectivity index (χ2n) is 4.63. The molecule has 0 saturated heterocycles. The number of carbonyl (C=O) groups excluding carboxylic acids is 1. The minimum atomic E-state index is -0.531. The molecule has 0 aliphatic carbocycles. The fourth-order valence-corrected chi connectivity index (χ4v) is 1.75. The highest BCUT2D eigenvalue weighted by molar-refractivity contribution is 14.1. The van der Waals surface area contributed by atoms with E-state index in [9.17, 15) is 4.79 Å². The van der Waals surface area contributed by atoms with E-state index in [0.717, 1.165) is 11.4 Å². The van der Waals surface area contributed by atoms with E-state index in [-0.39, 0.29) is 0 Å². The molecule has 124 valence electrons. The second kappa shape index (κ2) is 9.94. The zero-order valence-corrected chi connectivity index (χ0v) is 15.8. The summed E-state index contributed by atoms with van der Waals surface area (Å²) < 4.78 is 10.3. The quantitative estimate of drug-likeness (QED) is 0.579. The van der Waals surface area contributed by atoms with Gasteiger partial charge in [-0.2, -0.15) is 0 Å². The molecule has 0 atom stereocenters. The van der Waals surface area contributed by atoms with Crippen LogP contribution < -0.4 is 19.7 Å². The van der Waals surface area contributed by atoms with Crippen LogP contribution in [0.1, 0.15) is 0 Å². The van der Waals surface area contributed by atoms with Gasteiger partial charge in [0.15, 0.2) is 0 Å². The molecule has 6 heteroatoms. The van der Waals surface area contributed by atoms with Crippen molar-refractivity contribution >= 4 is 40.1 Å². The highest BCUT2D eigenvalue weighted by atomic mass is 127. The lowest BCUT2D eigenvalue weighted by Gasteiger charge is -2.13. The third kappa shape index (κ3) is 6.35. The molecule has 1 N–H and O–H groups in total. The summed E-state index contributed by atoms with van der Waals surface area (Å²) in [6.07, 6.45) is -0.531. The standard InChI is InChI=1S/C16H18N2O3.CH3I/c1-18(2)13-5-4-6-15(11-13)21-16(19)17-12-7-9-14(20-3)10-8-12;1-2/h4-11H,1-3H3,(H,17,19);1H3. The summed E-state index contributed by atoms with van der Waals surface area (Å²) >= 11 is 2.15. The number of amides is 1. The number of alkyl halides is 1. The monoisotopic (exact) mass is 428 g/mol. The van der Waals surface area contributed by atoms with Gasteiger partial charge in [0.2, 0.25) is 0 Å². The van der Waals surface area contributed by atoms with Gasteiger partial charge in [0.05, 0.1) is 7.11 Å². The van der Waals surface area contributed by atoms with Crippen LogP contribution in [-0.4, -0.2) is 32.2 Å². The first kappa shape index (κ1) is 19.1. The maximum absolute atomic E-state index is 11.8. The number of methoxy groups -OCH3 is 1. The first-order chi connectivity index (χ1) is 11.1. The molecule has 0 fully saturated rings. The van der Waals surface area contributed by atoms with Crippen molar-refractivity contribution in [1.29, 1.82) is 0 Å². The van der Waals surface area contributed by atoms with Gasteiger partial charge in [-0.15, -0.1) is 0 Å². The maximum Gasteiger partial charge on any atom is 0.417 e. The Balaban J connectivity index is 0.00000127. The molecule has 0 aliphatic rings. The molecule has 0 heterocycles. The largest absolute Gasteiger partial charge is 0.497 e. The molecular formula is C17H21IN2O3. The third-order valence-electron chi connectivity index (χ3n) is 2.88. The third-order valence-corrected chi connectivity index (χ3v) is 2.88. The number of halogens is 1. The van der Waals surface area contributed by atoms with E-state index in [1.54, 1.807) is 43.5 Å². The summed E-state index contributed by atoms with van der Waals surface area (Å²) in [4.78, 5) is 15.7. The summed E-state index contributed by atoms with van der Waals surface area (Å²) in [6.45, 7) is 0. The van der Waals surface area contributed by atoms with Crippen LogP contribution in [0.25, 0.3) is 0 Å². The number of rotatable bonds is 4. The summed E-state index contributed by atoms with van der Waals surface area (Å²) in [6, 6.07) is 14.3. The predicted octanol–water partition coefficient (Wildman–Crippen LogP) is 4.42. The summed E-state index contributed by atoms with van der Waals surface area (Å²) in [5.41, 5.74) is 1.61. The number of anilines is 2. The smallest absolute Gasteiger partial charge is 0.417 e. The predicted molar refractivity (Wildman–Crippen MR) is 103 cm³/mol. The Hall–Kier alpha value is -1.96. The van der Waals surface area contributed by atoms with E-state index >= 15 is 0 Å². The first-order valence-corrected chi connectivity index (χ1v) is 9.02. The molecule has 23 heavy (non-hydrogen) atoms. The highest BCUT2D eigenvalue weighted by Gasteiger charge is 2.06. The number of hydrogen-bond acceptors (Lipinski definition) is 4. The second-order valence-corrected chi connectivity index (χ2v) is 4.63. The average molecular weight is 428 g/mol. The van der Waals surface area contributed by atoms with Crippen molar-refractivity contribution in [2.75, 3.05) is 36.4 Å². The Kier molecular flexibility index (Phi) is 8.25. The molecule has 0 saturated carbocycles. The van der Waals surface area contributed by atoms with Gasteiger partial charge in [0.1, 0.15) is 11.5 Å². The lowest BCUT2D eigenvalue weighted by Crippen LogP contribution is -2.17. The summed E-state index contributed by atoms with van der Waals surface area (Å²) in [7, 11) is 5.45. The van der Waals surface area contributed by atoms with Crippen molar-refractivity contribution in [2.45, 2.75) is 0 Å². The molecule has 5 nitrogen and oxygen atoms in total. The number of nitrogens with one attached hydrogen (secondary N) is 1. The number of ether oxygens (including phenoxy) is 2. The Morgan fingerprint density at radius 3 is 2.26 bits per heavy atom. The van der Waals surface area contributed by atoms with Crippen LogP contribution in [0.15, 0.2) is 48.5 Å². The van der Waals surface area contributed by atoms with Crippen LogP contribution in [0.2, 0.25) is 0 Å². The van der Waals surface area contributed by atoms with Crippen molar-refractivity contribution in [3.8, 4) is 11.5 Å². The lowest BCUT2D eigenvalue weighted by atomic mass is 10.3. The van der Waals surface area contributed by atoms with E-state index in [1.165, 1.54) is 0 Å². The molecule has 0 aromatic heterocycles. The molecule has 0 aliphatic heterocycles. The van der Waals surface area contributed by atoms with E-state index in [4.69, 9.17) is 9.47 Å². The number of benzene rings is 2. The number of hydrogen-bond donors (Lipinski definition) is 1. The molecule has 1 amide bonds. The van der Waals surface area contributed by atoms with Crippen molar-refractivity contribution in [3.05, 3.63) is 48.5 Å². The molecule has 0 radical (unpaired) electrons. The van der Waals surface area contributed by atoms with Crippen molar-refractivity contribution in [2.24, 2.45) is 0 Å². The van der Waals surface area contributed by atoms with Crippen LogP contribution in [-0.2, 0) is 0 Å². The van der Waals surface area contributed by atoms with Gasteiger partial charge >= 0.3 is 6.09 Å². The minimum Gasteiger partial charge on any atom is -0.497 e. The molecule has 2 rings (SSSR count).